The lowest BCUT2D eigenvalue weighted by atomic mass is 10.2. The second-order valence-corrected chi connectivity index (χ2v) is 5.28. The van der Waals surface area contributed by atoms with Crippen molar-refractivity contribution in [2.24, 2.45) is 5.92 Å². The van der Waals surface area contributed by atoms with Gasteiger partial charge in [-0.05, 0) is 37.4 Å². The minimum atomic E-state index is -0.0180. The van der Waals surface area contributed by atoms with Crippen LogP contribution in [0.3, 0.4) is 0 Å². The summed E-state index contributed by atoms with van der Waals surface area (Å²) in [5, 5.41) is 2.89. The second kappa shape index (κ2) is 6.61. The standard InChI is InChI=1S/C15H23N3O2/c1-3-18(9-11-4-5-11)10-15(19)17-13-7-6-12(16)8-14(13)20-2/h6-8,11H,3-5,9-10,16H2,1-2H3,(H,17,19). The molecule has 0 aromatic heterocycles. The monoisotopic (exact) mass is 277 g/mol. The van der Waals surface area contributed by atoms with Gasteiger partial charge in [-0.25, -0.2) is 0 Å². The Morgan fingerprint density at radius 1 is 1.50 bits per heavy atom. The van der Waals surface area contributed by atoms with Crippen LogP contribution in [-0.2, 0) is 4.79 Å². The van der Waals surface area contributed by atoms with E-state index in [1.807, 2.05) is 0 Å². The third-order valence-corrected chi connectivity index (χ3v) is 3.53. The molecule has 1 aliphatic carbocycles. The van der Waals surface area contributed by atoms with E-state index in [4.69, 9.17) is 10.5 Å². The normalized spacial score (nSPS) is 14.3. The van der Waals surface area contributed by atoms with Crippen LogP contribution >= 0.6 is 0 Å². The van der Waals surface area contributed by atoms with Crippen LogP contribution in [0.15, 0.2) is 18.2 Å². The number of rotatable bonds is 7. The summed E-state index contributed by atoms with van der Waals surface area (Å²) in [6.07, 6.45) is 2.59. The molecule has 0 unspecified atom stereocenters. The van der Waals surface area contributed by atoms with Gasteiger partial charge in [-0.2, -0.15) is 0 Å². The molecule has 0 aliphatic heterocycles. The maximum atomic E-state index is 12.1. The van der Waals surface area contributed by atoms with E-state index in [-0.39, 0.29) is 5.91 Å². The lowest BCUT2D eigenvalue weighted by Crippen LogP contribution is -2.34. The van der Waals surface area contributed by atoms with E-state index in [1.165, 1.54) is 12.8 Å². The average Bonchev–Trinajstić information content (AvgIpc) is 3.24. The van der Waals surface area contributed by atoms with Crippen LogP contribution in [0.5, 0.6) is 5.75 Å². The third-order valence-electron chi connectivity index (χ3n) is 3.53. The van der Waals surface area contributed by atoms with Crippen LogP contribution in [0.25, 0.3) is 0 Å². The molecule has 0 atom stereocenters. The van der Waals surface area contributed by atoms with Gasteiger partial charge in [0.1, 0.15) is 5.75 Å². The molecular weight excluding hydrogens is 254 g/mol. The summed E-state index contributed by atoms with van der Waals surface area (Å²) in [6, 6.07) is 5.22. The van der Waals surface area contributed by atoms with Gasteiger partial charge in [0.25, 0.3) is 0 Å². The molecule has 1 saturated carbocycles. The van der Waals surface area contributed by atoms with Gasteiger partial charge in [0.2, 0.25) is 5.91 Å². The molecule has 1 aromatic rings. The molecule has 1 aromatic carbocycles. The van der Waals surface area contributed by atoms with Crippen LogP contribution in [-0.4, -0.2) is 37.6 Å². The Hall–Kier alpha value is -1.75. The topological polar surface area (TPSA) is 67.6 Å². The van der Waals surface area contributed by atoms with Crippen LogP contribution in [0.1, 0.15) is 19.8 Å². The molecule has 0 saturated heterocycles. The van der Waals surface area contributed by atoms with Gasteiger partial charge in [0, 0.05) is 18.3 Å². The molecule has 1 fully saturated rings. The highest BCUT2D eigenvalue weighted by molar-refractivity contribution is 5.94. The van der Waals surface area contributed by atoms with Gasteiger partial charge in [-0.15, -0.1) is 0 Å². The number of benzene rings is 1. The smallest absolute Gasteiger partial charge is 0.238 e. The molecule has 1 aliphatic rings. The number of methoxy groups -OCH3 is 1. The lowest BCUT2D eigenvalue weighted by molar-refractivity contribution is -0.117. The van der Waals surface area contributed by atoms with Crippen molar-refractivity contribution in [2.45, 2.75) is 19.8 Å². The van der Waals surface area contributed by atoms with Crippen molar-refractivity contribution in [3.8, 4) is 5.75 Å². The van der Waals surface area contributed by atoms with E-state index in [2.05, 4.69) is 17.1 Å². The molecule has 0 radical (unpaired) electrons. The average molecular weight is 277 g/mol. The van der Waals surface area contributed by atoms with Gasteiger partial charge in [-0.1, -0.05) is 6.92 Å². The Labute approximate surface area is 120 Å². The summed E-state index contributed by atoms with van der Waals surface area (Å²) in [5.41, 5.74) is 6.97. The highest BCUT2D eigenvalue weighted by Crippen LogP contribution is 2.30. The van der Waals surface area contributed by atoms with Crippen molar-refractivity contribution in [3.05, 3.63) is 18.2 Å². The van der Waals surface area contributed by atoms with Gasteiger partial charge in [0.15, 0.2) is 0 Å². The highest BCUT2D eigenvalue weighted by atomic mass is 16.5. The molecule has 0 heterocycles. The number of nitrogens with zero attached hydrogens (tertiary/aromatic N) is 1. The summed E-state index contributed by atoms with van der Waals surface area (Å²) in [6.45, 7) is 4.41. The molecule has 3 N–H and O–H groups in total. The Bertz CT molecular complexity index is 472. The molecule has 2 rings (SSSR count). The number of nitrogens with one attached hydrogen (secondary N) is 1. The molecule has 0 spiro atoms. The van der Waals surface area contributed by atoms with Crippen LogP contribution < -0.4 is 15.8 Å². The van der Waals surface area contributed by atoms with E-state index in [0.29, 0.717) is 23.7 Å². The number of hydrogen-bond acceptors (Lipinski definition) is 4. The number of carbonyl (C=O) groups is 1. The van der Waals surface area contributed by atoms with E-state index in [0.717, 1.165) is 19.0 Å². The number of ether oxygens (including phenoxy) is 1. The minimum absolute atomic E-state index is 0.0180. The predicted octanol–water partition coefficient (Wildman–Crippen LogP) is 1.95. The van der Waals surface area contributed by atoms with Crippen molar-refractivity contribution >= 4 is 17.3 Å². The second-order valence-electron chi connectivity index (χ2n) is 5.28. The Kier molecular flexibility index (Phi) is 4.84. The Morgan fingerprint density at radius 2 is 2.25 bits per heavy atom. The quantitative estimate of drug-likeness (QED) is 0.748. The van der Waals surface area contributed by atoms with Crippen LogP contribution in [0.4, 0.5) is 11.4 Å². The highest BCUT2D eigenvalue weighted by Gasteiger charge is 2.24. The zero-order chi connectivity index (χ0) is 14.5. The van der Waals surface area contributed by atoms with Crippen LogP contribution in [0, 0.1) is 5.92 Å². The summed E-state index contributed by atoms with van der Waals surface area (Å²) < 4.78 is 5.22. The number of nitrogens with two attached hydrogens (primary N) is 1. The lowest BCUT2D eigenvalue weighted by Gasteiger charge is -2.20. The first kappa shape index (κ1) is 14.7. The number of anilines is 2. The fourth-order valence-corrected chi connectivity index (χ4v) is 2.17. The van der Waals surface area contributed by atoms with E-state index >= 15 is 0 Å². The molecule has 5 nitrogen and oxygen atoms in total. The van der Waals surface area contributed by atoms with E-state index < -0.39 is 0 Å². The Morgan fingerprint density at radius 3 is 2.85 bits per heavy atom. The molecule has 5 heteroatoms. The summed E-state index contributed by atoms with van der Waals surface area (Å²) in [4.78, 5) is 14.3. The van der Waals surface area contributed by atoms with Crippen molar-refractivity contribution in [1.29, 1.82) is 0 Å². The fourth-order valence-electron chi connectivity index (χ4n) is 2.17. The molecule has 20 heavy (non-hydrogen) atoms. The molecule has 110 valence electrons. The number of likely N-dealkylation sites (N-methyl/N-ethyl adjacent to an activating group) is 1. The number of carbonyl (C=O) groups excluding carboxylic acids is 1. The van der Waals surface area contributed by atoms with Crippen molar-refractivity contribution in [1.82, 2.24) is 4.90 Å². The summed E-state index contributed by atoms with van der Waals surface area (Å²) >= 11 is 0. The minimum Gasteiger partial charge on any atom is -0.494 e. The number of nitrogen functional groups attached to an aromatic ring is 1. The first-order chi connectivity index (χ1) is 9.62. The van der Waals surface area contributed by atoms with Crippen molar-refractivity contribution in [3.63, 3.8) is 0 Å². The van der Waals surface area contributed by atoms with Gasteiger partial charge < -0.3 is 15.8 Å². The van der Waals surface area contributed by atoms with Crippen molar-refractivity contribution < 1.29 is 9.53 Å². The van der Waals surface area contributed by atoms with Gasteiger partial charge in [0.05, 0.1) is 19.3 Å². The first-order valence-electron chi connectivity index (χ1n) is 7.08. The largest absolute Gasteiger partial charge is 0.494 e. The van der Waals surface area contributed by atoms with E-state index in [9.17, 15) is 4.79 Å². The fraction of sp³-hybridized carbons (Fsp3) is 0.533. The zero-order valence-electron chi connectivity index (χ0n) is 12.2. The predicted molar refractivity (Wildman–Crippen MR) is 80.9 cm³/mol. The maximum Gasteiger partial charge on any atom is 0.238 e. The van der Waals surface area contributed by atoms with Crippen LogP contribution in [0.2, 0.25) is 0 Å². The Balaban J connectivity index is 1.92. The molecule has 1 amide bonds. The SMILES string of the molecule is CCN(CC(=O)Nc1ccc(N)cc1OC)CC1CC1. The van der Waals surface area contributed by atoms with Crippen molar-refractivity contribution in [2.75, 3.05) is 37.8 Å². The summed E-state index contributed by atoms with van der Waals surface area (Å²) in [7, 11) is 1.57. The summed E-state index contributed by atoms with van der Waals surface area (Å²) in [5.74, 6) is 1.35. The zero-order valence-corrected chi connectivity index (χ0v) is 12.2. The van der Waals surface area contributed by atoms with Gasteiger partial charge in [-0.3, -0.25) is 9.69 Å². The van der Waals surface area contributed by atoms with Gasteiger partial charge >= 0.3 is 0 Å². The first-order valence-corrected chi connectivity index (χ1v) is 7.08. The number of amides is 1. The molecule has 0 bridgehead atoms. The maximum absolute atomic E-state index is 12.1. The van der Waals surface area contributed by atoms with E-state index in [1.54, 1.807) is 25.3 Å². The third kappa shape index (κ3) is 4.13. The number of hydrogen-bond donors (Lipinski definition) is 2. The molecular formula is C15H23N3O2.